The van der Waals surface area contributed by atoms with Gasteiger partial charge in [0, 0.05) is 20.2 Å². The van der Waals surface area contributed by atoms with Crippen LogP contribution in [0.4, 0.5) is 10.7 Å². The number of hydrogen-bond donors (Lipinski definition) is 2. The molecule has 2 heterocycles. The molecule has 1 amide bonds. The molecule has 0 aliphatic carbocycles. The second-order valence-electron chi connectivity index (χ2n) is 4.96. The highest BCUT2D eigenvalue weighted by molar-refractivity contribution is 7.19. The van der Waals surface area contributed by atoms with E-state index in [-0.39, 0.29) is 10.6 Å². The molecule has 1 unspecified atom stereocenters. The monoisotopic (exact) mass is 294 g/mol. The number of anilines is 2. The molecule has 1 atom stereocenters. The Labute approximate surface area is 121 Å². The molecule has 0 saturated carbocycles. The van der Waals surface area contributed by atoms with Crippen molar-refractivity contribution in [1.82, 2.24) is 0 Å². The quantitative estimate of drug-likeness (QED) is 0.867. The Morgan fingerprint density at radius 1 is 1.65 bits per heavy atom. The van der Waals surface area contributed by atoms with Gasteiger partial charge in [0.2, 0.25) is 0 Å². The smallest absolute Gasteiger partial charge is 0.261 e. The van der Waals surface area contributed by atoms with E-state index >= 15 is 0 Å². The topological polar surface area (TPSA) is 105 Å². The Hall–Kier alpha value is -1.78. The first-order valence-electron chi connectivity index (χ1n) is 6.45. The second-order valence-corrected chi connectivity index (χ2v) is 5.96. The summed E-state index contributed by atoms with van der Waals surface area (Å²) in [6.45, 7) is 2.32. The zero-order valence-corrected chi connectivity index (χ0v) is 12.2. The molecular weight excluding hydrogens is 276 g/mol. The lowest BCUT2D eigenvalue weighted by Crippen LogP contribution is -2.30. The van der Waals surface area contributed by atoms with Gasteiger partial charge in [0.25, 0.3) is 5.91 Å². The fraction of sp³-hybridized carbons (Fsp3) is 0.538. The molecule has 1 saturated heterocycles. The number of nitrogens with two attached hydrogens (primary N) is 2. The zero-order chi connectivity index (χ0) is 14.7. The van der Waals surface area contributed by atoms with Crippen LogP contribution in [0.1, 0.15) is 28.1 Å². The van der Waals surface area contributed by atoms with Crippen LogP contribution in [0.15, 0.2) is 0 Å². The van der Waals surface area contributed by atoms with Gasteiger partial charge in [0.1, 0.15) is 21.5 Å². The molecule has 0 aromatic carbocycles. The molecule has 1 aromatic rings. The predicted octanol–water partition coefficient (Wildman–Crippen LogP) is 1.16. The second kappa shape index (κ2) is 6.11. The molecule has 20 heavy (non-hydrogen) atoms. The summed E-state index contributed by atoms with van der Waals surface area (Å²) < 4.78 is 5.46. The molecule has 108 valence electrons. The summed E-state index contributed by atoms with van der Waals surface area (Å²) in [5.74, 6) is -0.162. The van der Waals surface area contributed by atoms with E-state index in [0.29, 0.717) is 16.5 Å². The number of carbonyl (C=O) groups excluding carboxylic acids is 1. The largest absolute Gasteiger partial charge is 0.396 e. The van der Waals surface area contributed by atoms with Crippen molar-refractivity contribution in [3.05, 3.63) is 10.4 Å². The molecule has 1 aromatic heterocycles. The first kappa shape index (κ1) is 14.6. The molecule has 1 fully saturated rings. The lowest BCUT2D eigenvalue weighted by atomic mass is 10.0. The molecule has 2 rings (SSSR count). The highest BCUT2D eigenvalue weighted by Gasteiger charge is 2.24. The summed E-state index contributed by atoms with van der Waals surface area (Å²) >= 11 is 1.18. The molecule has 0 bridgehead atoms. The molecule has 7 heteroatoms. The van der Waals surface area contributed by atoms with Gasteiger partial charge in [-0.3, -0.25) is 4.79 Å². The summed E-state index contributed by atoms with van der Waals surface area (Å²) in [7, 11) is 1.89. The SMILES string of the molecule is CN(CC1CCCOC1)c1sc(C(N)=O)c(N)c1C#N. The minimum atomic E-state index is -0.593. The maximum Gasteiger partial charge on any atom is 0.261 e. The lowest BCUT2D eigenvalue weighted by Gasteiger charge is -2.27. The normalized spacial score (nSPS) is 18.5. The fourth-order valence-corrected chi connectivity index (χ4v) is 3.41. The minimum Gasteiger partial charge on any atom is -0.396 e. The Morgan fingerprint density at radius 2 is 2.40 bits per heavy atom. The van der Waals surface area contributed by atoms with Crippen molar-refractivity contribution in [3.63, 3.8) is 0 Å². The van der Waals surface area contributed by atoms with Gasteiger partial charge in [-0.1, -0.05) is 0 Å². The molecule has 0 radical (unpaired) electrons. The van der Waals surface area contributed by atoms with E-state index in [1.54, 1.807) is 0 Å². The minimum absolute atomic E-state index is 0.187. The first-order chi connectivity index (χ1) is 9.54. The van der Waals surface area contributed by atoms with Crippen molar-refractivity contribution >= 4 is 27.9 Å². The summed E-state index contributed by atoms with van der Waals surface area (Å²) in [4.78, 5) is 13.5. The van der Waals surface area contributed by atoms with E-state index < -0.39 is 5.91 Å². The number of thiophene rings is 1. The highest BCUT2D eigenvalue weighted by Crippen LogP contribution is 2.37. The summed E-state index contributed by atoms with van der Waals surface area (Å²) in [5.41, 5.74) is 11.6. The average molecular weight is 294 g/mol. The van der Waals surface area contributed by atoms with Gasteiger partial charge < -0.3 is 21.1 Å². The molecular formula is C13H18N4O2S. The van der Waals surface area contributed by atoms with Crippen molar-refractivity contribution in [3.8, 4) is 6.07 Å². The maximum absolute atomic E-state index is 11.3. The Balaban J connectivity index is 2.20. The summed E-state index contributed by atoms with van der Waals surface area (Å²) in [6, 6.07) is 2.06. The first-order valence-corrected chi connectivity index (χ1v) is 7.27. The van der Waals surface area contributed by atoms with Crippen molar-refractivity contribution in [1.29, 1.82) is 5.26 Å². The molecule has 1 aliphatic heterocycles. The number of nitrogen functional groups attached to an aromatic ring is 1. The standard InChI is InChI=1S/C13H18N4O2S/c1-17(6-8-3-2-4-19-7-8)13-9(5-14)10(15)11(20-13)12(16)18/h8H,2-4,6-7,15H2,1H3,(H2,16,18). The van der Waals surface area contributed by atoms with E-state index in [1.165, 1.54) is 11.3 Å². The van der Waals surface area contributed by atoms with Gasteiger partial charge in [-0.15, -0.1) is 11.3 Å². The van der Waals surface area contributed by atoms with Crippen molar-refractivity contribution < 1.29 is 9.53 Å². The van der Waals surface area contributed by atoms with Crippen molar-refractivity contribution in [2.45, 2.75) is 12.8 Å². The Bertz CT molecular complexity index is 543. The third-order valence-electron chi connectivity index (χ3n) is 3.40. The van der Waals surface area contributed by atoms with Gasteiger partial charge in [-0.25, -0.2) is 0 Å². The van der Waals surface area contributed by atoms with Crippen LogP contribution in [-0.2, 0) is 4.74 Å². The number of hydrogen-bond acceptors (Lipinski definition) is 6. The molecule has 1 aliphatic rings. The summed E-state index contributed by atoms with van der Waals surface area (Å²) in [6.07, 6.45) is 2.17. The highest BCUT2D eigenvalue weighted by atomic mass is 32.1. The average Bonchev–Trinajstić information content (AvgIpc) is 2.77. The number of carbonyl (C=O) groups is 1. The number of nitriles is 1. The van der Waals surface area contributed by atoms with Crippen LogP contribution in [0.25, 0.3) is 0 Å². The van der Waals surface area contributed by atoms with Crippen LogP contribution >= 0.6 is 11.3 Å². The van der Waals surface area contributed by atoms with Crippen molar-refractivity contribution in [2.75, 3.05) is 37.4 Å². The third-order valence-corrected chi connectivity index (χ3v) is 4.73. The number of rotatable bonds is 4. The Kier molecular flexibility index (Phi) is 4.47. The molecule has 0 spiro atoms. The van der Waals surface area contributed by atoms with Gasteiger partial charge in [0.15, 0.2) is 0 Å². The van der Waals surface area contributed by atoms with E-state index in [4.69, 9.17) is 16.2 Å². The fourth-order valence-electron chi connectivity index (χ4n) is 2.41. The van der Waals surface area contributed by atoms with Crippen LogP contribution in [0.3, 0.4) is 0 Å². The number of primary amides is 1. The van der Waals surface area contributed by atoms with Crippen molar-refractivity contribution in [2.24, 2.45) is 11.7 Å². The van der Waals surface area contributed by atoms with E-state index in [2.05, 4.69) is 6.07 Å². The van der Waals surface area contributed by atoms with Gasteiger partial charge >= 0.3 is 0 Å². The molecule has 4 N–H and O–H groups in total. The van der Waals surface area contributed by atoms with Gasteiger partial charge in [-0.2, -0.15) is 5.26 Å². The van der Waals surface area contributed by atoms with E-state index in [1.807, 2.05) is 11.9 Å². The number of ether oxygens (including phenoxy) is 1. The molecule has 6 nitrogen and oxygen atoms in total. The van der Waals surface area contributed by atoms with Crippen LogP contribution < -0.4 is 16.4 Å². The Morgan fingerprint density at radius 3 is 2.95 bits per heavy atom. The van der Waals surface area contributed by atoms with Gasteiger partial charge in [0.05, 0.1) is 12.3 Å². The van der Waals surface area contributed by atoms with E-state index in [9.17, 15) is 10.1 Å². The zero-order valence-electron chi connectivity index (χ0n) is 11.4. The number of amides is 1. The van der Waals surface area contributed by atoms with Crippen LogP contribution in [-0.4, -0.2) is 32.7 Å². The summed E-state index contributed by atoms with van der Waals surface area (Å²) in [5, 5.41) is 9.92. The van der Waals surface area contributed by atoms with Gasteiger partial charge in [-0.05, 0) is 18.8 Å². The third kappa shape index (κ3) is 2.86. The van der Waals surface area contributed by atoms with Crippen LogP contribution in [0, 0.1) is 17.2 Å². The van der Waals surface area contributed by atoms with Crippen LogP contribution in [0.2, 0.25) is 0 Å². The van der Waals surface area contributed by atoms with E-state index in [0.717, 1.165) is 32.6 Å². The number of nitrogens with zero attached hydrogens (tertiary/aromatic N) is 2. The maximum atomic E-state index is 11.3. The lowest BCUT2D eigenvalue weighted by molar-refractivity contribution is 0.0577. The van der Waals surface area contributed by atoms with Crippen LogP contribution in [0.5, 0.6) is 0 Å². The predicted molar refractivity (Wildman–Crippen MR) is 78.8 cm³/mol.